The molecule has 23 heavy (non-hydrogen) atoms. The number of carbonyl (C=O) groups is 1. The van der Waals surface area contributed by atoms with Gasteiger partial charge in [-0.15, -0.1) is 0 Å². The molecule has 1 N–H and O–H groups in total. The number of hydrogen-bond acceptors (Lipinski definition) is 3. The van der Waals surface area contributed by atoms with Crippen molar-refractivity contribution in [2.24, 2.45) is 0 Å². The van der Waals surface area contributed by atoms with Gasteiger partial charge in [0.25, 0.3) is 0 Å². The fourth-order valence-corrected chi connectivity index (χ4v) is 2.82. The molecule has 0 atom stereocenters. The molecule has 0 aromatic heterocycles. The van der Waals surface area contributed by atoms with Gasteiger partial charge in [-0.25, -0.2) is 4.79 Å². The molecule has 1 aliphatic rings. The van der Waals surface area contributed by atoms with Crippen molar-refractivity contribution in [2.45, 2.75) is 25.7 Å². The van der Waals surface area contributed by atoms with E-state index in [-0.39, 0.29) is 0 Å². The number of nitrogens with zero attached hydrogens (tertiary/aromatic N) is 1. The maximum absolute atomic E-state index is 11.9. The third-order valence-electron chi connectivity index (χ3n) is 4.04. The first kappa shape index (κ1) is 15.4. The standard InChI is InChI=1S/C19H22N2O2/c22-19(23-18-8-4-3-5-9-18)20-16-10-12-17(13-11-16)21-14-6-1-2-7-15-21/h3-5,8-13H,1-2,6-7,14-15H2,(H,20,22). The molecule has 0 saturated carbocycles. The Morgan fingerprint density at radius 2 is 1.52 bits per heavy atom. The van der Waals surface area contributed by atoms with Gasteiger partial charge in [0.05, 0.1) is 0 Å². The largest absolute Gasteiger partial charge is 0.417 e. The van der Waals surface area contributed by atoms with Crippen LogP contribution in [0.1, 0.15) is 25.7 Å². The summed E-state index contributed by atoms with van der Waals surface area (Å²) in [4.78, 5) is 14.3. The van der Waals surface area contributed by atoms with E-state index in [0.29, 0.717) is 5.75 Å². The summed E-state index contributed by atoms with van der Waals surface area (Å²) in [6.07, 6.45) is 4.68. The molecule has 4 nitrogen and oxygen atoms in total. The van der Waals surface area contributed by atoms with E-state index in [1.165, 1.54) is 31.4 Å². The maximum Gasteiger partial charge on any atom is 0.417 e. The van der Waals surface area contributed by atoms with Crippen molar-refractivity contribution < 1.29 is 9.53 Å². The van der Waals surface area contributed by atoms with Crippen LogP contribution in [0.25, 0.3) is 0 Å². The molecule has 3 rings (SSSR count). The van der Waals surface area contributed by atoms with Gasteiger partial charge in [0, 0.05) is 24.5 Å². The Morgan fingerprint density at radius 1 is 0.870 bits per heavy atom. The Labute approximate surface area is 137 Å². The highest BCUT2D eigenvalue weighted by atomic mass is 16.6. The summed E-state index contributed by atoms with van der Waals surface area (Å²) in [6, 6.07) is 17.0. The first-order valence-corrected chi connectivity index (χ1v) is 8.20. The third kappa shape index (κ3) is 4.49. The van der Waals surface area contributed by atoms with E-state index < -0.39 is 6.09 Å². The second-order valence-corrected chi connectivity index (χ2v) is 5.78. The van der Waals surface area contributed by atoms with Gasteiger partial charge >= 0.3 is 6.09 Å². The van der Waals surface area contributed by atoms with Crippen LogP contribution in [0, 0.1) is 0 Å². The van der Waals surface area contributed by atoms with Gasteiger partial charge in [-0.1, -0.05) is 31.0 Å². The molecule has 0 unspecified atom stereocenters. The number of carbonyl (C=O) groups excluding carboxylic acids is 1. The van der Waals surface area contributed by atoms with Crippen LogP contribution in [0.2, 0.25) is 0 Å². The summed E-state index contributed by atoms with van der Waals surface area (Å²) >= 11 is 0. The second-order valence-electron chi connectivity index (χ2n) is 5.78. The minimum atomic E-state index is -0.473. The Balaban J connectivity index is 1.57. The van der Waals surface area contributed by atoms with Crippen molar-refractivity contribution in [1.29, 1.82) is 0 Å². The van der Waals surface area contributed by atoms with Crippen LogP contribution in [-0.2, 0) is 0 Å². The van der Waals surface area contributed by atoms with E-state index in [0.717, 1.165) is 18.8 Å². The Morgan fingerprint density at radius 3 is 2.17 bits per heavy atom. The van der Waals surface area contributed by atoms with Gasteiger partial charge in [0.1, 0.15) is 5.75 Å². The van der Waals surface area contributed by atoms with Crippen molar-refractivity contribution in [3.8, 4) is 5.75 Å². The Bertz CT molecular complexity index is 618. The lowest BCUT2D eigenvalue weighted by molar-refractivity contribution is 0.215. The minimum Gasteiger partial charge on any atom is -0.410 e. The highest BCUT2D eigenvalue weighted by molar-refractivity contribution is 5.86. The number of amides is 1. The summed E-state index contributed by atoms with van der Waals surface area (Å²) in [5.74, 6) is 0.534. The molecule has 0 aliphatic carbocycles. The predicted molar refractivity (Wildman–Crippen MR) is 93.2 cm³/mol. The van der Waals surface area contributed by atoms with Crippen LogP contribution >= 0.6 is 0 Å². The molecule has 1 amide bonds. The average molecular weight is 310 g/mol. The normalized spacial score (nSPS) is 14.9. The highest BCUT2D eigenvalue weighted by Gasteiger charge is 2.10. The Kier molecular flexibility index (Phi) is 5.14. The first-order valence-electron chi connectivity index (χ1n) is 8.20. The van der Waals surface area contributed by atoms with E-state index in [9.17, 15) is 4.79 Å². The first-order chi connectivity index (χ1) is 11.3. The zero-order valence-electron chi connectivity index (χ0n) is 13.2. The fraction of sp³-hybridized carbons (Fsp3) is 0.316. The summed E-state index contributed by atoms with van der Waals surface area (Å²) < 4.78 is 5.22. The molecule has 1 heterocycles. The topological polar surface area (TPSA) is 41.6 Å². The minimum absolute atomic E-state index is 0.473. The molecule has 120 valence electrons. The Hall–Kier alpha value is -2.49. The summed E-state index contributed by atoms with van der Waals surface area (Å²) in [6.45, 7) is 2.23. The molecule has 1 fully saturated rings. The summed E-state index contributed by atoms with van der Waals surface area (Å²) in [5, 5.41) is 2.75. The number of anilines is 2. The number of ether oxygens (including phenoxy) is 1. The molecule has 2 aromatic rings. The van der Waals surface area contributed by atoms with Gasteiger partial charge < -0.3 is 9.64 Å². The van der Waals surface area contributed by atoms with Crippen molar-refractivity contribution >= 4 is 17.5 Å². The lowest BCUT2D eigenvalue weighted by Crippen LogP contribution is -2.23. The van der Waals surface area contributed by atoms with Crippen LogP contribution in [0.3, 0.4) is 0 Å². The van der Waals surface area contributed by atoms with E-state index >= 15 is 0 Å². The number of hydrogen-bond donors (Lipinski definition) is 1. The van der Waals surface area contributed by atoms with Gasteiger partial charge in [0.15, 0.2) is 0 Å². The van der Waals surface area contributed by atoms with Crippen LogP contribution in [0.5, 0.6) is 5.75 Å². The monoisotopic (exact) mass is 310 g/mol. The number of nitrogens with one attached hydrogen (secondary N) is 1. The average Bonchev–Trinajstić information content (AvgIpc) is 2.86. The molecule has 4 heteroatoms. The highest BCUT2D eigenvalue weighted by Crippen LogP contribution is 2.21. The van der Waals surface area contributed by atoms with Crippen LogP contribution in [-0.4, -0.2) is 19.2 Å². The molecule has 1 saturated heterocycles. The van der Waals surface area contributed by atoms with Crippen molar-refractivity contribution in [1.82, 2.24) is 0 Å². The lowest BCUT2D eigenvalue weighted by Gasteiger charge is -2.22. The van der Waals surface area contributed by atoms with E-state index in [4.69, 9.17) is 4.74 Å². The quantitative estimate of drug-likeness (QED) is 0.895. The SMILES string of the molecule is O=C(Nc1ccc(N2CCCCCC2)cc1)Oc1ccccc1. The van der Waals surface area contributed by atoms with Crippen LogP contribution in [0.4, 0.5) is 16.2 Å². The number of para-hydroxylation sites is 1. The molecular weight excluding hydrogens is 288 g/mol. The molecule has 0 spiro atoms. The molecule has 2 aromatic carbocycles. The maximum atomic E-state index is 11.9. The second kappa shape index (κ2) is 7.68. The zero-order valence-corrected chi connectivity index (χ0v) is 13.2. The van der Waals surface area contributed by atoms with Gasteiger partial charge in [-0.3, -0.25) is 5.32 Å². The van der Waals surface area contributed by atoms with Crippen molar-refractivity contribution in [2.75, 3.05) is 23.3 Å². The van der Waals surface area contributed by atoms with E-state index in [1.807, 2.05) is 30.3 Å². The van der Waals surface area contributed by atoms with Gasteiger partial charge in [-0.2, -0.15) is 0 Å². The number of rotatable bonds is 3. The fourth-order valence-electron chi connectivity index (χ4n) is 2.82. The van der Waals surface area contributed by atoms with Crippen LogP contribution < -0.4 is 15.0 Å². The lowest BCUT2D eigenvalue weighted by atomic mass is 10.2. The molecular formula is C19H22N2O2. The molecule has 0 radical (unpaired) electrons. The number of benzene rings is 2. The molecule has 1 aliphatic heterocycles. The summed E-state index contributed by atoms with van der Waals surface area (Å²) in [7, 11) is 0. The van der Waals surface area contributed by atoms with Crippen molar-refractivity contribution in [3.05, 3.63) is 54.6 Å². The van der Waals surface area contributed by atoms with Gasteiger partial charge in [0.2, 0.25) is 0 Å². The molecule has 0 bridgehead atoms. The zero-order chi connectivity index (χ0) is 15.9. The van der Waals surface area contributed by atoms with E-state index in [2.05, 4.69) is 22.3 Å². The predicted octanol–water partition coefficient (Wildman–Crippen LogP) is 4.68. The van der Waals surface area contributed by atoms with Gasteiger partial charge in [-0.05, 0) is 49.2 Å². The van der Waals surface area contributed by atoms with E-state index in [1.54, 1.807) is 12.1 Å². The summed E-state index contributed by atoms with van der Waals surface area (Å²) in [5.41, 5.74) is 1.96. The smallest absolute Gasteiger partial charge is 0.410 e. The van der Waals surface area contributed by atoms with Crippen molar-refractivity contribution in [3.63, 3.8) is 0 Å². The van der Waals surface area contributed by atoms with Crippen LogP contribution in [0.15, 0.2) is 54.6 Å². The third-order valence-corrected chi connectivity index (χ3v) is 4.04.